The van der Waals surface area contributed by atoms with Crippen LogP contribution in [-0.4, -0.2) is 12.6 Å². The van der Waals surface area contributed by atoms with Gasteiger partial charge in [0.15, 0.2) is 0 Å². The minimum atomic E-state index is 0.00102. The first kappa shape index (κ1) is 12.5. The number of esters is 1. The second-order valence-electron chi connectivity index (χ2n) is 4.80. The predicted molar refractivity (Wildman–Crippen MR) is 61.7 cm³/mol. The summed E-state index contributed by atoms with van der Waals surface area (Å²) < 4.78 is 5.23. The van der Waals surface area contributed by atoms with E-state index in [0.717, 1.165) is 6.42 Å². The molecule has 1 saturated heterocycles. The number of hydrogen-bond donors (Lipinski definition) is 0. The van der Waals surface area contributed by atoms with E-state index in [1.165, 1.54) is 44.9 Å². The monoisotopic (exact) mass is 212 g/mol. The van der Waals surface area contributed by atoms with Crippen LogP contribution in [-0.2, 0) is 9.53 Å². The van der Waals surface area contributed by atoms with Crippen LogP contribution in [0.5, 0.6) is 0 Å². The third-order valence-corrected chi connectivity index (χ3v) is 3.11. The van der Waals surface area contributed by atoms with E-state index in [2.05, 4.69) is 6.92 Å². The molecule has 1 rings (SSSR count). The van der Waals surface area contributed by atoms with Gasteiger partial charge >= 0.3 is 5.97 Å². The Bertz CT molecular complexity index is 177. The molecule has 0 bridgehead atoms. The van der Waals surface area contributed by atoms with Gasteiger partial charge in [-0.15, -0.1) is 0 Å². The molecule has 0 spiro atoms. The van der Waals surface area contributed by atoms with Crippen molar-refractivity contribution in [3.8, 4) is 0 Å². The van der Waals surface area contributed by atoms with Crippen molar-refractivity contribution in [1.82, 2.24) is 0 Å². The molecule has 1 fully saturated rings. The van der Waals surface area contributed by atoms with Gasteiger partial charge in [0.25, 0.3) is 0 Å². The largest absolute Gasteiger partial charge is 0.465 e. The molecule has 1 unspecified atom stereocenters. The van der Waals surface area contributed by atoms with E-state index in [9.17, 15) is 4.79 Å². The van der Waals surface area contributed by atoms with E-state index >= 15 is 0 Å². The van der Waals surface area contributed by atoms with E-state index in [1.54, 1.807) is 0 Å². The number of carbonyl (C=O) groups is 1. The lowest BCUT2D eigenvalue weighted by molar-refractivity contribution is -0.145. The molecule has 2 nitrogen and oxygen atoms in total. The Balaban J connectivity index is 2.25. The van der Waals surface area contributed by atoms with Crippen LogP contribution in [0, 0.1) is 5.92 Å². The van der Waals surface area contributed by atoms with Crippen molar-refractivity contribution in [1.29, 1.82) is 0 Å². The lowest BCUT2D eigenvalue weighted by Gasteiger charge is -2.11. The zero-order valence-electron chi connectivity index (χ0n) is 9.96. The Labute approximate surface area is 93.4 Å². The maximum absolute atomic E-state index is 11.3. The van der Waals surface area contributed by atoms with Gasteiger partial charge in [0.1, 0.15) is 0 Å². The molecule has 1 aliphatic rings. The first-order chi connectivity index (χ1) is 7.29. The summed E-state index contributed by atoms with van der Waals surface area (Å²) in [7, 11) is 0. The van der Waals surface area contributed by atoms with Crippen LogP contribution in [0.15, 0.2) is 0 Å². The Hall–Kier alpha value is -0.530. The molecule has 1 atom stereocenters. The second-order valence-corrected chi connectivity index (χ2v) is 4.80. The lowest BCUT2D eigenvalue weighted by atomic mass is 10.0. The zero-order chi connectivity index (χ0) is 10.9. The lowest BCUT2D eigenvalue weighted by Crippen LogP contribution is -2.11. The van der Waals surface area contributed by atoms with Gasteiger partial charge in [-0.1, -0.05) is 45.4 Å². The highest BCUT2D eigenvalue weighted by atomic mass is 16.5. The molecule has 0 amide bonds. The normalized spacial score (nSPS) is 27.0. The molecule has 0 aromatic rings. The Morgan fingerprint density at radius 1 is 1.00 bits per heavy atom. The van der Waals surface area contributed by atoms with Crippen molar-refractivity contribution >= 4 is 5.97 Å². The number of rotatable bonds is 0. The SMILES string of the molecule is CC1CCCCCCCCCC(=O)OC1. The molecular formula is C13H24O2. The number of cyclic esters (lactones) is 1. The number of ether oxygens (including phenoxy) is 1. The molecule has 15 heavy (non-hydrogen) atoms. The summed E-state index contributed by atoms with van der Waals surface area (Å²) in [5, 5.41) is 0. The first-order valence-electron chi connectivity index (χ1n) is 6.44. The predicted octanol–water partition coefficient (Wildman–Crippen LogP) is 3.69. The molecule has 2 heteroatoms. The summed E-state index contributed by atoms with van der Waals surface area (Å²) in [4.78, 5) is 11.3. The van der Waals surface area contributed by atoms with E-state index in [4.69, 9.17) is 4.74 Å². The van der Waals surface area contributed by atoms with Crippen LogP contribution in [0.2, 0.25) is 0 Å². The fourth-order valence-electron chi connectivity index (χ4n) is 2.04. The summed E-state index contributed by atoms with van der Waals surface area (Å²) in [6.45, 7) is 2.80. The third-order valence-electron chi connectivity index (χ3n) is 3.11. The van der Waals surface area contributed by atoms with Crippen LogP contribution in [0.25, 0.3) is 0 Å². The molecule has 0 N–H and O–H groups in total. The van der Waals surface area contributed by atoms with Crippen molar-refractivity contribution in [2.24, 2.45) is 5.92 Å². The van der Waals surface area contributed by atoms with Crippen molar-refractivity contribution in [2.45, 2.75) is 64.7 Å². The Morgan fingerprint density at radius 2 is 1.60 bits per heavy atom. The molecule has 88 valence electrons. The highest BCUT2D eigenvalue weighted by Gasteiger charge is 2.08. The topological polar surface area (TPSA) is 26.3 Å². The smallest absolute Gasteiger partial charge is 0.305 e. The minimum absolute atomic E-state index is 0.00102. The van der Waals surface area contributed by atoms with Gasteiger partial charge in [-0.2, -0.15) is 0 Å². The second kappa shape index (κ2) is 7.72. The van der Waals surface area contributed by atoms with Gasteiger partial charge in [-0.3, -0.25) is 4.79 Å². The van der Waals surface area contributed by atoms with Gasteiger partial charge < -0.3 is 4.74 Å². The molecule has 0 saturated carbocycles. The molecule has 1 aliphatic heterocycles. The van der Waals surface area contributed by atoms with Crippen LogP contribution in [0.4, 0.5) is 0 Å². The summed E-state index contributed by atoms with van der Waals surface area (Å²) in [5.41, 5.74) is 0. The van der Waals surface area contributed by atoms with Crippen molar-refractivity contribution in [2.75, 3.05) is 6.61 Å². The summed E-state index contributed by atoms with van der Waals surface area (Å²) in [5.74, 6) is 0.538. The number of carbonyl (C=O) groups excluding carboxylic acids is 1. The average Bonchev–Trinajstić information content (AvgIpc) is 2.24. The quantitative estimate of drug-likeness (QED) is 0.572. The van der Waals surface area contributed by atoms with Crippen LogP contribution < -0.4 is 0 Å². The van der Waals surface area contributed by atoms with Gasteiger partial charge in [0.05, 0.1) is 6.61 Å². The van der Waals surface area contributed by atoms with Crippen molar-refractivity contribution in [3.63, 3.8) is 0 Å². The molecule has 0 aromatic heterocycles. The molecular weight excluding hydrogens is 188 g/mol. The van der Waals surface area contributed by atoms with Crippen LogP contribution >= 0.6 is 0 Å². The zero-order valence-corrected chi connectivity index (χ0v) is 9.96. The van der Waals surface area contributed by atoms with E-state index in [0.29, 0.717) is 18.9 Å². The highest BCUT2D eigenvalue weighted by molar-refractivity contribution is 5.69. The summed E-state index contributed by atoms with van der Waals surface area (Å²) in [6.07, 6.45) is 10.6. The van der Waals surface area contributed by atoms with Crippen molar-refractivity contribution in [3.05, 3.63) is 0 Å². The van der Waals surface area contributed by atoms with Crippen molar-refractivity contribution < 1.29 is 9.53 Å². The van der Waals surface area contributed by atoms with E-state index < -0.39 is 0 Å². The minimum Gasteiger partial charge on any atom is -0.465 e. The van der Waals surface area contributed by atoms with Gasteiger partial charge in [-0.25, -0.2) is 0 Å². The molecule has 0 aliphatic carbocycles. The Kier molecular flexibility index (Phi) is 6.45. The third kappa shape index (κ3) is 6.53. The standard InChI is InChI=1S/C13H24O2/c1-12-9-7-5-3-2-4-6-8-10-13(14)15-11-12/h12H,2-11H2,1H3. The molecule has 1 heterocycles. The maximum Gasteiger partial charge on any atom is 0.305 e. The average molecular weight is 212 g/mol. The van der Waals surface area contributed by atoms with Gasteiger partial charge in [0.2, 0.25) is 0 Å². The fraction of sp³-hybridized carbons (Fsp3) is 0.923. The van der Waals surface area contributed by atoms with Crippen LogP contribution in [0.3, 0.4) is 0 Å². The van der Waals surface area contributed by atoms with E-state index in [-0.39, 0.29) is 5.97 Å². The molecule has 0 radical (unpaired) electrons. The summed E-state index contributed by atoms with van der Waals surface area (Å²) in [6, 6.07) is 0. The van der Waals surface area contributed by atoms with Gasteiger partial charge in [-0.05, 0) is 18.8 Å². The van der Waals surface area contributed by atoms with Gasteiger partial charge in [0, 0.05) is 6.42 Å². The maximum atomic E-state index is 11.3. The highest BCUT2D eigenvalue weighted by Crippen LogP contribution is 2.15. The first-order valence-corrected chi connectivity index (χ1v) is 6.44. The Morgan fingerprint density at radius 3 is 2.33 bits per heavy atom. The summed E-state index contributed by atoms with van der Waals surface area (Å²) >= 11 is 0. The molecule has 0 aromatic carbocycles. The number of hydrogen-bond acceptors (Lipinski definition) is 2. The van der Waals surface area contributed by atoms with Crippen LogP contribution in [0.1, 0.15) is 64.7 Å². The van der Waals surface area contributed by atoms with E-state index in [1.807, 2.05) is 0 Å². The fourth-order valence-corrected chi connectivity index (χ4v) is 2.04.